The van der Waals surface area contributed by atoms with Gasteiger partial charge in [-0.25, -0.2) is 4.39 Å². The van der Waals surface area contributed by atoms with E-state index >= 15 is 0 Å². The molecule has 1 saturated heterocycles. The van der Waals surface area contributed by atoms with Crippen LogP contribution in [0.3, 0.4) is 0 Å². The van der Waals surface area contributed by atoms with Gasteiger partial charge in [-0.2, -0.15) is 0 Å². The van der Waals surface area contributed by atoms with Crippen LogP contribution in [0, 0.1) is 5.82 Å². The topological polar surface area (TPSA) is 47.6 Å². The first-order valence-corrected chi connectivity index (χ1v) is 9.82. The van der Waals surface area contributed by atoms with Gasteiger partial charge in [-0.1, -0.05) is 38.1 Å². The maximum atomic E-state index is 14.5. The Bertz CT molecular complexity index is 725. The fourth-order valence-electron chi connectivity index (χ4n) is 2.61. The van der Waals surface area contributed by atoms with E-state index in [4.69, 9.17) is 9.31 Å². The van der Waals surface area contributed by atoms with Crippen LogP contribution < -0.4 is 10.8 Å². The predicted octanol–water partition coefficient (Wildman–Crippen LogP) is 5.00. The first kappa shape index (κ1) is 24.1. The molecule has 0 atom stereocenters. The van der Waals surface area contributed by atoms with E-state index in [0.717, 1.165) is 5.57 Å². The van der Waals surface area contributed by atoms with Crippen molar-refractivity contribution >= 4 is 24.2 Å². The van der Waals surface area contributed by atoms with Crippen molar-refractivity contribution in [3.05, 3.63) is 47.8 Å². The number of benzene rings is 1. The standard InChI is InChI=1S/C20H27BFNO3.C2H6/c1-7-9-14(8-2)12-18(24)23-17-11-10-15(13-16(17)22)21-25-19(3,4)20(5,6)26-21;1-2/h7-11,13H,12H2,1-6H3,(H,23,24);1-2H3/b9-7-,14-8+;. The highest BCUT2D eigenvalue weighted by molar-refractivity contribution is 6.62. The van der Waals surface area contributed by atoms with Crippen LogP contribution in [0.4, 0.5) is 10.1 Å². The van der Waals surface area contributed by atoms with Crippen LogP contribution in [0.5, 0.6) is 0 Å². The zero-order valence-electron chi connectivity index (χ0n) is 18.4. The van der Waals surface area contributed by atoms with Crippen molar-refractivity contribution in [3.8, 4) is 0 Å². The monoisotopic (exact) mass is 389 g/mol. The maximum Gasteiger partial charge on any atom is 0.494 e. The summed E-state index contributed by atoms with van der Waals surface area (Å²) in [6.45, 7) is 15.5. The van der Waals surface area contributed by atoms with Gasteiger partial charge in [-0.05, 0) is 64.7 Å². The van der Waals surface area contributed by atoms with E-state index in [0.29, 0.717) is 5.46 Å². The van der Waals surface area contributed by atoms with Crippen LogP contribution in [-0.4, -0.2) is 24.2 Å². The molecule has 1 aliphatic heterocycles. The van der Waals surface area contributed by atoms with Crippen molar-refractivity contribution in [1.29, 1.82) is 0 Å². The summed E-state index contributed by atoms with van der Waals surface area (Å²) in [5, 5.41) is 2.61. The van der Waals surface area contributed by atoms with Crippen molar-refractivity contribution in [2.45, 2.75) is 73.0 Å². The Kier molecular flexibility index (Phi) is 8.64. The molecule has 6 heteroatoms. The third-order valence-electron chi connectivity index (χ3n) is 4.91. The highest BCUT2D eigenvalue weighted by atomic mass is 19.1. The molecule has 0 radical (unpaired) electrons. The second-order valence-corrected chi connectivity index (χ2v) is 7.42. The molecule has 0 aromatic heterocycles. The van der Waals surface area contributed by atoms with E-state index in [2.05, 4.69) is 5.32 Å². The minimum Gasteiger partial charge on any atom is -0.399 e. The normalized spacial score (nSPS) is 18.0. The Morgan fingerprint density at radius 1 is 1.14 bits per heavy atom. The number of hydrogen-bond acceptors (Lipinski definition) is 3. The number of carbonyl (C=O) groups is 1. The molecular weight excluding hydrogens is 356 g/mol. The van der Waals surface area contributed by atoms with Gasteiger partial charge in [-0.15, -0.1) is 0 Å². The summed E-state index contributed by atoms with van der Waals surface area (Å²) in [5.41, 5.74) is 0.626. The minimum atomic E-state index is -0.636. The lowest BCUT2D eigenvalue weighted by Crippen LogP contribution is -2.41. The number of hydrogen-bond donors (Lipinski definition) is 1. The Labute approximate surface area is 169 Å². The number of anilines is 1. The number of allylic oxidation sites excluding steroid dienone is 3. The highest BCUT2D eigenvalue weighted by Crippen LogP contribution is 2.36. The van der Waals surface area contributed by atoms with Crippen molar-refractivity contribution in [2.24, 2.45) is 0 Å². The van der Waals surface area contributed by atoms with Gasteiger partial charge in [0.1, 0.15) is 5.82 Å². The molecule has 1 aromatic rings. The zero-order chi connectivity index (χ0) is 21.5. The fraction of sp³-hybridized carbons (Fsp3) is 0.500. The van der Waals surface area contributed by atoms with Crippen molar-refractivity contribution < 1.29 is 18.5 Å². The van der Waals surface area contributed by atoms with Crippen LogP contribution in [-0.2, 0) is 14.1 Å². The van der Waals surface area contributed by atoms with Gasteiger partial charge < -0.3 is 14.6 Å². The molecule has 1 aromatic carbocycles. The minimum absolute atomic E-state index is 0.145. The van der Waals surface area contributed by atoms with Gasteiger partial charge in [0, 0.05) is 0 Å². The van der Waals surface area contributed by atoms with Gasteiger partial charge in [0.25, 0.3) is 0 Å². The Balaban J connectivity index is 0.00000190. The zero-order valence-corrected chi connectivity index (χ0v) is 18.4. The number of carbonyl (C=O) groups excluding carboxylic acids is 1. The molecule has 2 rings (SSSR count). The largest absolute Gasteiger partial charge is 0.494 e. The number of amides is 1. The fourth-order valence-corrected chi connectivity index (χ4v) is 2.61. The summed E-state index contributed by atoms with van der Waals surface area (Å²) >= 11 is 0. The molecule has 0 saturated carbocycles. The van der Waals surface area contributed by atoms with Gasteiger partial charge in [0.05, 0.1) is 23.3 Å². The van der Waals surface area contributed by atoms with Crippen LogP contribution in [0.2, 0.25) is 0 Å². The third-order valence-corrected chi connectivity index (χ3v) is 4.91. The molecule has 154 valence electrons. The first-order chi connectivity index (χ1) is 13.1. The van der Waals surface area contributed by atoms with E-state index in [1.165, 1.54) is 6.07 Å². The SMILES string of the molecule is C/C=C\C(=C/C)CC(=O)Nc1ccc(B2OC(C)(C)C(C)(C)O2)cc1F.CC. The number of halogens is 1. The molecule has 0 spiro atoms. The summed E-state index contributed by atoms with van der Waals surface area (Å²) in [6, 6.07) is 4.60. The number of nitrogens with one attached hydrogen (secondary N) is 1. The van der Waals surface area contributed by atoms with Crippen LogP contribution in [0.1, 0.15) is 61.8 Å². The Hall–Kier alpha value is -1.92. The second kappa shape index (κ2) is 10.0. The van der Waals surface area contributed by atoms with Crippen LogP contribution in [0.25, 0.3) is 0 Å². The van der Waals surface area contributed by atoms with Crippen LogP contribution in [0.15, 0.2) is 42.0 Å². The van der Waals surface area contributed by atoms with Crippen molar-refractivity contribution in [2.75, 3.05) is 5.32 Å². The second-order valence-electron chi connectivity index (χ2n) is 7.42. The predicted molar refractivity (Wildman–Crippen MR) is 115 cm³/mol. The molecule has 0 unspecified atom stereocenters. The summed E-state index contributed by atoms with van der Waals surface area (Å²) in [5.74, 6) is -0.780. The Morgan fingerprint density at radius 3 is 2.18 bits per heavy atom. The first-order valence-electron chi connectivity index (χ1n) is 9.82. The average molecular weight is 389 g/mol. The van der Waals surface area contributed by atoms with E-state index in [1.54, 1.807) is 12.1 Å². The van der Waals surface area contributed by atoms with Crippen molar-refractivity contribution in [1.82, 2.24) is 0 Å². The molecule has 0 aliphatic carbocycles. The quantitative estimate of drug-likeness (QED) is 0.569. The summed E-state index contributed by atoms with van der Waals surface area (Å²) in [6.07, 6.45) is 5.77. The highest BCUT2D eigenvalue weighted by Gasteiger charge is 2.51. The van der Waals surface area contributed by atoms with Gasteiger partial charge in [0.15, 0.2) is 0 Å². The molecule has 1 amide bonds. The molecule has 1 fully saturated rings. The summed E-state index contributed by atoms with van der Waals surface area (Å²) < 4.78 is 26.3. The lowest BCUT2D eigenvalue weighted by Gasteiger charge is -2.32. The molecule has 1 N–H and O–H groups in total. The van der Waals surface area contributed by atoms with Gasteiger partial charge in [-0.3, -0.25) is 4.79 Å². The molecule has 0 bridgehead atoms. The van der Waals surface area contributed by atoms with Crippen LogP contribution >= 0.6 is 0 Å². The number of rotatable bonds is 5. The van der Waals surface area contributed by atoms with Crippen molar-refractivity contribution in [3.63, 3.8) is 0 Å². The lowest BCUT2D eigenvalue weighted by atomic mass is 9.79. The molecule has 1 heterocycles. The van der Waals surface area contributed by atoms with E-state index in [1.807, 2.05) is 73.6 Å². The smallest absolute Gasteiger partial charge is 0.399 e. The molecule has 28 heavy (non-hydrogen) atoms. The summed E-state index contributed by atoms with van der Waals surface area (Å²) in [4.78, 5) is 12.1. The van der Waals surface area contributed by atoms with E-state index < -0.39 is 24.1 Å². The summed E-state index contributed by atoms with van der Waals surface area (Å²) in [7, 11) is -0.636. The Morgan fingerprint density at radius 2 is 1.71 bits per heavy atom. The third kappa shape index (κ3) is 5.79. The molecular formula is C22H33BFNO3. The van der Waals surface area contributed by atoms with Gasteiger partial charge >= 0.3 is 7.12 Å². The average Bonchev–Trinajstić information content (AvgIpc) is 2.85. The lowest BCUT2D eigenvalue weighted by molar-refractivity contribution is -0.115. The maximum absolute atomic E-state index is 14.5. The van der Waals surface area contributed by atoms with Gasteiger partial charge in [0.2, 0.25) is 5.91 Å². The molecule has 1 aliphatic rings. The van der Waals surface area contributed by atoms with E-state index in [9.17, 15) is 9.18 Å². The van der Waals surface area contributed by atoms with E-state index in [-0.39, 0.29) is 18.0 Å². The molecule has 4 nitrogen and oxygen atoms in total.